The second-order valence-corrected chi connectivity index (χ2v) is 4.52. The molecule has 0 heterocycles. The minimum absolute atomic E-state index is 0.136. The smallest absolute Gasteiger partial charge is 0.0942 e. The molecule has 1 aromatic carbocycles. The first kappa shape index (κ1) is 13.2. The zero-order valence-electron chi connectivity index (χ0n) is 10.7. The fourth-order valence-electron chi connectivity index (χ4n) is 1.84. The molecule has 0 aliphatic heterocycles. The van der Waals surface area contributed by atoms with E-state index in [0.29, 0.717) is 6.04 Å². The van der Waals surface area contributed by atoms with Crippen LogP contribution in [-0.4, -0.2) is 29.1 Å². The molecule has 0 amide bonds. The van der Waals surface area contributed by atoms with E-state index in [9.17, 15) is 5.11 Å². The number of benzene rings is 1. The summed E-state index contributed by atoms with van der Waals surface area (Å²) in [6.07, 6.45) is 0.683. The lowest BCUT2D eigenvalue weighted by atomic mass is 10.0. The van der Waals surface area contributed by atoms with Gasteiger partial charge in [-0.3, -0.25) is 4.90 Å². The predicted octanol–water partition coefficient (Wildman–Crippen LogP) is 2.84. The summed E-state index contributed by atoms with van der Waals surface area (Å²) >= 11 is 0. The third-order valence-corrected chi connectivity index (χ3v) is 3.53. The maximum absolute atomic E-state index is 10.3. The van der Waals surface area contributed by atoms with Gasteiger partial charge in [-0.25, -0.2) is 0 Å². The molecule has 1 aromatic rings. The first-order valence-corrected chi connectivity index (χ1v) is 6.02. The van der Waals surface area contributed by atoms with Crippen molar-refractivity contribution in [3.63, 3.8) is 0 Å². The molecule has 0 fully saturated rings. The van der Waals surface area contributed by atoms with Gasteiger partial charge in [-0.05, 0) is 32.9 Å². The summed E-state index contributed by atoms with van der Waals surface area (Å²) in [5.74, 6) is 0. The standard InChI is InChI=1S/C14H23NO/c1-5-11(2)15(4)12(3)14(16)13-9-7-6-8-10-13/h6-12,14,16H,5H2,1-4H3/t11-,12+,14+/m1/s1. The molecule has 1 N–H and O–H groups in total. The minimum Gasteiger partial charge on any atom is -0.387 e. The maximum atomic E-state index is 10.3. The summed E-state index contributed by atoms with van der Waals surface area (Å²) in [5.41, 5.74) is 0.991. The van der Waals surface area contributed by atoms with E-state index in [-0.39, 0.29) is 6.04 Å². The average molecular weight is 221 g/mol. The summed E-state index contributed by atoms with van der Waals surface area (Å²) in [4.78, 5) is 2.23. The topological polar surface area (TPSA) is 23.5 Å². The molecule has 0 radical (unpaired) electrons. The number of rotatable bonds is 5. The highest BCUT2D eigenvalue weighted by Gasteiger charge is 2.22. The van der Waals surface area contributed by atoms with Crippen molar-refractivity contribution in [2.24, 2.45) is 0 Å². The Labute approximate surface area is 98.9 Å². The van der Waals surface area contributed by atoms with Crippen molar-refractivity contribution in [3.8, 4) is 0 Å². The van der Waals surface area contributed by atoms with Crippen LogP contribution in [0.3, 0.4) is 0 Å². The fourth-order valence-corrected chi connectivity index (χ4v) is 1.84. The molecule has 3 atom stereocenters. The predicted molar refractivity (Wildman–Crippen MR) is 68.4 cm³/mol. The Morgan fingerprint density at radius 3 is 2.25 bits per heavy atom. The van der Waals surface area contributed by atoms with Gasteiger partial charge in [0.05, 0.1) is 6.10 Å². The molecule has 0 bridgehead atoms. The third kappa shape index (κ3) is 3.06. The minimum atomic E-state index is -0.416. The van der Waals surface area contributed by atoms with Crippen molar-refractivity contribution in [2.45, 2.75) is 45.4 Å². The van der Waals surface area contributed by atoms with Crippen LogP contribution in [0.15, 0.2) is 30.3 Å². The SMILES string of the molecule is CC[C@@H](C)N(C)[C@@H](C)[C@H](O)c1ccccc1. The molecule has 0 saturated carbocycles. The van der Waals surface area contributed by atoms with Crippen LogP contribution >= 0.6 is 0 Å². The highest BCUT2D eigenvalue weighted by atomic mass is 16.3. The molecule has 0 spiro atoms. The van der Waals surface area contributed by atoms with Crippen LogP contribution in [0.5, 0.6) is 0 Å². The summed E-state index contributed by atoms with van der Waals surface area (Å²) in [6, 6.07) is 10.5. The van der Waals surface area contributed by atoms with Gasteiger partial charge in [0, 0.05) is 12.1 Å². The van der Waals surface area contributed by atoms with Crippen molar-refractivity contribution < 1.29 is 5.11 Å². The van der Waals surface area contributed by atoms with E-state index >= 15 is 0 Å². The zero-order chi connectivity index (χ0) is 12.1. The Hall–Kier alpha value is -0.860. The number of hydrogen-bond acceptors (Lipinski definition) is 2. The highest BCUT2D eigenvalue weighted by molar-refractivity contribution is 5.18. The fraction of sp³-hybridized carbons (Fsp3) is 0.571. The van der Waals surface area contributed by atoms with Crippen LogP contribution in [0.4, 0.5) is 0 Å². The van der Waals surface area contributed by atoms with E-state index in [4.69, 9.17) is 0 Å². The van der Waals surface area contributed by atoms with Crippen LogP contribution in [-0.2, 0) is 0 Å². The number of aliphatic hydroxyl groups excluding tert-OH is 1. The lowest BCUT2D eigenvalue weighted by Crippen LogP contribution is -2.40. The van der Waals surface area contributed by atoms with Gasteiger partial charge in [0.1, 0.15) is 0 Å². The van der Waals surface area contributed by atoms with Gasteiger partial charge in [-0.15, -0.1) is 0 Å². The Morgan fingerprint density at radius 2 is 1.75 bits per heavy atom. The molecule has 0 aliphatic rings. The van der Waals surface area contributed by atoms with E-state index in [0.717, 1.165) is 12.0 Å². The van der Waals surface area contributed by atoms with E-state index < -0.39 is 6.10 Å². The van der Waals surface area contributed by atoms with E-state index in [1.165, 1.54) is 0 Å². The molecule has 0 aliphatic carbocycles. The van der Waals surface area contributed by atoms with Gasteiger partial charge in [-0.2, -0.15) is 0 Å². The second kappa shape index (κ2) is 6.02. The van der Waals surface area contributed by atoms with Crippen molar-refractivity contribution in [2.75, 3.05) is 7.05 Å². The van der Waals surface area contributed by atoms with Crippen LogP contribution in [0, 0.1) is 0 Å². The quantitative estimate of drug-likeness (QED) is 0.826. The monoisotopic (exact) mass is 221 g/mol. The summed E-state index contributed by atoms with van der Waals surface area (Å²) in [7, 11) is 2.07. The van der Waals surface area contributed by atoms with Crippen LogP contribution in [0.2, 0.25) is 0 Å². The van der Waals surface area contributed by atoms with Gasteiger partial charge in [-0.1, -0.05) is 37.3 Å². The number of likely N-dealkylation sites (N-methyl/N-ethyl adjacent to an activating group) is 1. The van der Waals surface area contributed by atoms with Crippen LogP contribution in [0.25, 0.3) is 0 Å². The molecule has 16 heavy (non-hydrogen) atoms. The first-order chi connectivity index (χ1) is 7.57. The van der Waals surface area contributed by atoms with Crippen LogP contribution < -0.4 is 0 Å². The third-order valence-electron chi connectivity index (χ3n) is 3.53. The van der Waals surface area contributed by atoms with Gasteiger partial charge >= 0.3 is 0 Å². The zero-order valence-corrected chi connectivity index (χ0v) is 10.7. The van der Waals surface area contributed by atoms with Crippen molar-refractivity contribution in [3.05, 3.63) is 35.9 Å². The molecule has 1 rings (SSSR count). The average Bonchev–Trinajstić information content (AvgIpc) is 2.36. The molecule has 0 unspecified atom stereocenters. The normalized spacial score (nSPS) is 17.1. The van der Waals surface area contributed by atoms with Gasteiger partial charge < -0.3 is 5.11 Å². The number of nitrogens with zero attached hydrogens (tertiary/aromatic N) is 1. The Morgan fingerprint density at radius 1 is 1.19 bits per heavy atom. The molecular formula is C14H23NO. The molecular weight excluding hydrogens is 198 g/mol. The largest absolute Gasteiger partial charge is 0.387 e. The van der Waals surface area contributed by atoms with E-state index in [1.807, 2.05) is 30.3 Å². The highest BCUT2D eigenvalue weighted by Crippen LogP contribution is 2.21. The van der Waals surface area contributed by atoms with Gasteiger partial charge in [0.2, 0.25) is 0 Å². The van der Waals surface area contributed by atoms with Crippen molar-refractivity contribution in [1.82, 2.24) is 4.90 Å². The molecule has 0 aromatic heterocycles. The molecule has 0 saturated heterocycles. The maximum Gasteiger partial charge on any atom is 0.0942 e. The van der Waals surface area contributed by atoms with Crippen molar-refractivity contribution in [1.29, 1.82) is 0 Å². The Balaban J connectivity index is 2.71. The Kier molecular flexibility index (Phi) is 4.97. The van der Waals surface area contributed by atoms with E-state index in [1.54, 1.807) is 0 Å². The molecule has 2 heteroatoms. The first-order valence-electron chi connectivity index (χ1n) is 6.02. The van der Waals surface area contributed by atoms with Crippen molar-refractivity contribution >= 4 is 0 Å². The van der Waals surface area contributed by atoms with E-state index in [2.05, 4.69) is 32.7 Å². The van der Waals surface area contributed by atoms with Gasteiger partial charge in [0.15, 0.2) is 0 Å². The molecule has 90 valence electrons. The summed E-state index contributed by atoms with van der Waals surface area (Å²) in [5, 5.41) is 10.3. The number of hydrogen-bond donors (Lipinski definition) is 1. The van der Waals surface area contributed by atoms with Crippen LogP contribution in [0.1, 0.15) is 38.9 Å². The summed E-state index contributed by atoms with van der Waals surface area (Å²) in [6.45, 7) is 6.43. The lowest BCUT2D eigenvalue weighted by Gasteiger charge is -2.33. The Bertz CT molecular complexity index is 299. The van der Waals surface area contributed by atoms with Gasteiger partial charge in [0.25, 0.3) is 0 Å². The molecule has 2 nitrogen and oxygen atoms in total. The number of aliphatic hydroxyl groups is 1. The second-order valence-electron chi connectivity index (χ2n) is 4.52. The lowest BCUT2D eigenvalue weighted by molar-refractivity contribution is 0.0522. The summed E-state index contributed by atoms with van der Waals surface area (Å²) < 4.78 is 0.